The Bertz CT molecular complexity index is 507. The Hall–Kier alpha value is -1.85. The number of rotatable bonds is 2. The van der Waals surface area contributed by atoms with Gasteiger partial charge in [0.25, 0.3) is 0 Å². The van der Waals surface area contributed by atoms with Gasteiger partial charge in [0.05, 0.1) is 11.4 Å². The van der Waals surface area contributed by atoms with Crippen LogP contribution in [0.15, 0.2) is 6.20 Å². The number of aryl methyl sites for hydroxylation is 2. The van der Waals surface area contributed by atoms with Gasteiger partial charge in [-0.1, -0.05) is 13.8 Å². The van der Waals surface area contributed by atoms with Gasteiger partial charge in [-0.05, 0) is 12.8 Å². The summed E-state index contributed by atoms with van der Waals surface area (Å²) >= 11 is 0. The highest BCUT2D eigenvalue weighted by Gasteiger charge is 2.33. The maximum absolute atomic E-state index is 12.6. The maximum atomic E-state index is 12.6. The Morgan fingerprint density at radius 3 is 2.63 bits per heavy atom. The molecule has 2 heterocycles. The molecular formula is C13H20N4O2. The quantitative estimate of drug-likeness (QED) is 0.851. The summed E-state index contributed by atoms with van der Waals surface area (Å²) in [6.45, 7) is 6.14. The molecule has 2 amide bonds. The molecule has 6 heteroatoms. The summed E-state index contributed by atoms with van der Waals surface area (Å²) < 4.78 is 1.68. The summed E-state index contributed by atoms with van der Waals surface area (Å²) in [4.78, 5) is 25.9. The molecule has 0 aromatic carbocycles. The van der Waals surface area contributed by atoms with Gasteiger partial charge in [0.2, 0.25) is 11.8 Å². The second-order valence-corrected chi connectivity index (χ2v) is 5.30. The molecule has 104 valence electrons. The molecule has 0 saturated carbocycles. The van der Waals surface area contributed by atoms with Crippen LogP contribution in [-0.4, -0.2) is 34.2 Å². The monoisotopic (exact) mass is 264 g/mol. The lowest BCUT2D eigenvalue weighted by molar-refractivity contribution is -0.126. The maximum Gasteiger partial charge on any atom is 0.249 e. The molecule has 1 aromatic rings. The van der Waals surface area contributed by atoms with Gasteiger partial charge in [-0.15, -0.1) is 0 Å². The molecule has 1 atom stereocenters. The summed E-state index contributed by atoms with van der Waals surface area (Å²) in [5, 5.41) is 7.05. The van der Waals surface area contributed by atoms with Gasteiger partial charge in [0.15, 0.2) is 0 Å². The van der Waals surface area contributed by atoms with E-state index in [0.717, 1.165) is 11.4 Å². The van der Waals surface area contributed by atoms with Crippen LogP contribution in [0.5, 0.6) is 0 Å². The minimum atomic E-state index is -0.463. The predicted molar refractivity (Wildman–Crippen MR) is 71.7 cm³/mol. The van der Waals surface area contributed by atoms with Crippen molar-refractivity contribution in [2.45, 2.75) is 33.2 Å². The molecule has 1 aliphatic heterocycles. The molecule has 0 aliphatic carbocycles. The number of nitrogens with zero attached hydrogens (tertiary/aromatic N) is 3. The molecular weight excluding hydrogens is 244 g/mol. The molecule has 1 aliphatic rings. The Kier molecular flexibility index (Phi) is 3.59. The highest BCUT2D eigenvalue weighted by molar-refractivity contribution is 6.01. The first-order valence-electron chi connectivity index (χ1n) is 6.51. The second kappa shape index (κ2) is 5.03. The van der Waals surface area contributed by atoms with Crippen LogP contribution in [0.2, 0.25) is 0 Å². The highest BCUT2D eigenvalue weighted by Crippen LogP contribution is 2.22. The van der Waals surface area contributed by atoms with E-state index >= 15 is 0 Å². The van der Waals surface area contributed by atoms with Gasteiger partial charge < -0.3 is 10.2 Å². The zero-order chi connectivity index (χ0) is 14.2. The zero-order valence-corrected chi connectivity index (χ0v) is 11.8. The van der Waals surface area contributed by atoms with Crippen LogP contribution >= 0.6 is 0 Å². The van der Waals surface area contributed by atoms with Crippen LogP contribution in [0.1, 0.15) is 26.0 Å². The average Bonchev–Trinajstić information content (AvgIpc) is 2.56. The molecule has 1 saturated heterocycles. The van der Waals surface area contributed by atoms with Crippen LogP contribution in [0, 0.1) is 12.8 Å². The third-order valence-electron chi connectivity index (χ3n) is 3.36. The molecule has 2 rings (SSSR count). The molecule has 0 spiro atoms. The van der Waals surface area contributed by atoms with Crippen LogP contribution in [0.25, 0.3) is 0 Å². The zero-order valence-electron chi connectivity index (χ0n) is 11.8. The van der Waals surface area contributed by atoms with Crippen molar-refractivity contribution in [1.29, 1.82) is 0 Å². The molecule has 0 radical (unpaired) electrons. The van der Waals surface area contributed by atoms with Gasteiger partial charge in [-0.3, -0.25) is 14.3 Å². The van der Waals surface area contributed by atoms with E-state index in [0.29, 0.717) is 13.0 Å². The SMILES string of the molecule is Cc1nn(C)cc1N1CCC(=O)NC(C(C)C)C1=O. The number of hydrogen-bond donors (Lipinski definition) is 1. The van der Waals surface area contributed by atoms with Crippen molar-refractivity contribution in [3.8, 4) is 0 Å². The van der Waals surface area contributed by atoms with Crippen molar-refractivity contribution in [2.75, 3.05) is 11.4 Å². The number of carbonyl (C=O) groups is 2. The van der Waals surface area contributed by atoms with E-state index in [4.69, 9.17) is 0 Å². The molecule has 1 fully saturated rings. The van der Waals surface area contributed by atoms with Crippen LogP contribution in [0.3, 0.4) is 0 Å². The van der Waals surface area contributed by atoms with Crippen molar-refractivity contribution < 1.29 is 9.59 Å². The summed E-state index contributed by atoms with van der Waals surface area (Å²) in [5.41, 5.74) is 1.59. The topological polar surface area (TPSA) is 67.2 Å². The lowest BCUT2D eigenvalue weighted by Crippen LogP contribution is -2.48. The van der Waals surface area contributed by atoms with Crippen molar-refractivity contribution in [3.63, 3.8) is 0 Å². The minimum Gasteiger partial charge on any atom is -0.344 e. The molecule has 6 nitrogen and oxygen atoms in total. The van der Waals surface area contributed by atoms with Crippen LogP contribution < -0.4 is 10.2 Å². The molecule has 1 aromatic heterocycles. The third-order valence-corrected chi connectivity index (χ3v) is 3.36. The minimum absolute atomic E-state index is 0.0584. The first-order chi connectivity index (χ1) is 8.90. The van der Waals surface area contributed by atoms with Gasteiger partial charge in [-0.2, -0.15) is 5.10 Å². The Morgan fingerprint density at radius 2 is 2.11 bits per heavy atom. The Morgan fingerprint density at radius 1 is 1.42 bits per heavy atom. The lowest BCUT2D eigenvalue weighted by Gasteiger charge is -2.25. The Balaban J connectivity index is 2.36. The average molecular weight is 264 g/mol. The van der Waals surface area contributed by atoms with E-state index in [2.05, 4.69) is 10.4 Å². The molecule has 1 unspecified atom stereocenters. The summed E-state index contributed by atoms with van der Waals surface area (Å²) in [6.07, 6.45) is 2.14. The fourth-order valence-corrected chi connectivity index (χ4v) is 2.34. The van der Waals surface area contributed by atoms with Crippen molar-refractivity contribution >= 4 is 17.5 Å². The normalized spacial score (nSPS) is 20.7. The van der Waals surface area contributed by atoms with E-state index in [1.54, 1.807) is 9.58 Å². The number of hydrogen-bond acceptors (Lipinski definition) is 3. The molecule has 1 N–H and O–H groups in total. The van der Waals surface area contributed by atoms with Crippen molar-refractivity contribution in [3.05, 3.63) is 11.9 Å². The number of aromatic nitrogens is 2. The van der Waals surface area contributed by atoms with E-state index in [1.165, 1.54) is 0 Å². The van der Waals surface area contributed by atoms with Crippen molar-refractivity contribution in [1.82, 2.24) is 15.1 Å². The summed E-state index contributed by atoms with van der Waals surface area (Å²) in [5.74, 6) is -0.0675. The fourth-order valence-electron chi connectivity index (χ4n) is 2.34. The number of amides is 2. The molecule has 19 heavy (non-hydrogen) atoms. The van der Waals surface area contributed by atoms with E-state index in [9.17, 15) is 9.59 Å². The predicted octanol–water partition coefficient (Wildman–Crippen LogP) is 0.606. The number of nitrogens with one attached hydrogen (secondary N) is 1. The summed E-state index contributed by atoms with van der Waals surface area (Å²) in [6, 6.07) is -0.463. The van der Waals surface area contributed by atoms with E-state index in [-0.39, 0.29) is 17.7 Å². The van der Waals surface area contributed by atoms with Crippen molar-refractivity contribution in [2.24, 2.45) is 13.0 Å². The highest BCUT2D eigenvalue weighted by atomic mass is 16.2. The van der Waals surface area contributed by atoms with E-state index in [1.807, 2.05) is 34.0 Å². The lowest BCUT2D eigenvalue weighted by atomic mass is 10.0. The second-order valence-electron chi connectivity index (χ2n) is 5.30. The van der Waals surface area contributed by atoms with Crippen LogP contribution in [-0.2, 0) is 16.6 Å². The first kappa shape index (κ1) is 13.6. The largest absolute Gasteiger partial charge is 0.344 e. The third kappa shape index (κ3) is 2.62. The Labute approximate surface area is 112 Å². The smallest absolute Gasteiger partial charge is 0.249 e. The van der Waals surface area contributed by atoms with Gasteiger partial charge in [0.1, 0.15) is 6.04 Å². The van der Waals surface area contributed by atoms with E-state index < -0.39 is 6.04 Å². The molecule has 0 bridgehead atoms. The first-order valence-corrected chi connectivity index (χ1v) is 6.51. The number of carbonyl (C=O) groups excluding carboxylic acids is 2. The van der Waals surface area contributed by atoms with Gasteiger partial charge >= 0.3 is 0 Å². The standard InChI is InChI=1S/C13H20N4O2/c1-8(2)12-13(19)17(6-5-11(18)14-12)10-7-16(4)15-9(10)3/h7-8,12H,5-6H2,1-4H3,(H,14,18). The van der Waals surface area contributed by atoms with Gasteiger partial charge in [-0.25, -0.2) is 0 Å². The number of anilines is 1. The fraction of sp³-hybridized carbons (Fsp3) is 0.615. The van der Waals surface area contributed by atoms with Gasteiger partial charge in [0, 0.05) is 26.2 Å². The summed E-state index contributed by atoms with van der Waals surface area (Å²) in [7, 11) is 1.82. The van der Waals surface area contributed by atoms with Crippen LogP contribution in [0.4, 0.5) is 5.69 Å².